The quantitative estimate of drug-likeness (QED) is 0.475. The highest BCUT2D eigenvalue weighted by molar-refractivity contribution is 7.98. The van der Waals surface area contributed by atoms with Crippen molar-refractivity contribution in [2.24, 2.45) is 5.73 Å². The van der Waals surface area contributed by atoms with Gasteiger partial charge in [0.2, 0.25) is 0 Å². The van der Waals surface area contributed by atoms with E-state index in [1.807, 2.05) is 48.7 Å². The van der Waals surface area contributed by atoms with Crippen molar-refractivity contribution in [3.05, 3.63) is 60.2 Å². The molecule has 0 spiro atoms. The maximum atomic E-state index is 12.3. The van der Waals surface area contributed by atoms with Gasteiger partial charge in [-0.15, -0.1) is 11.8 Å². The van der Waals surface area contributed by atoms with Crippen molar-refractivity contribution in [2.75, 3.05) is 18.2 Å². The third kappa shape index (κ3) is 6.67. The molecule has 0 fully saturated rings. The number of anilines is 1. The number of carbonyl (C=O) groups excluding carboxylic acids is 3. The van der Waals surface area contributed by atoms with Gasteiger partial charge in [0.25, 0.3) is 5.91 Å². The third-order valence-corrected chi connectivity index (χ3v) is 4.41. The predicted molar refractivity (Wildman–Crippen MR) is 104 cm³/mol. The van der Waals surface area contributed by atoms with Gasteiger partial charge in [-0.25, -0.2) is 9.59 Å². The summed E-state index contributed by atoms with van der Waals surface area (Å²) in [6.07, 6.45) is 2.11. The molecule has 0 unspecified atom stereocenters. The zero-order valence-electron chi connectivity index (χ0n) is 14.8. The lowest BCUT2D eigenvalue weighted by Crippen LogP contribution is -2.46. The van der Waals surface area contributed by atoms with E-state index in [9.17, 15) is 14.4 Å². The lowest BCUT2D eigenvalue weighted by atomic mass is 10.1. The van der Waals surface area contributed by atoms with Crippen LogP contribution < -0.4 is 16.4 Å². The molecule has 0 saturated carbocycles. The topological polar surface area (TPSA) is 111 Å². The maximum Gasteiger partial charge on any atom is 0.329 e. The summed E-state index contributed by atoms with van der Waals surface area (Å²) in [6, 6.07) is 14.6. The van der Waals surface area contributed by atoms with Crippen LogP contribution in [0.25, 0.3) is 0 Å². The number of nitrogens with one attached hydrogen (secondary N) is 2. The average Bonchev–Trinajstić information content (AvgIpc) is 2.66. The summed E-state index contributed by atoms with van der Waals surface area (Å²) in [7, 11) is 0. The van der Waals surface area contributed by atoms with Crippen molar-refractivity contribution >= 4 is 35.4 Å². The van der Waals surface area contributed by atoms with Crippen LogP contribution in [0.5, 0.6) is 0 Å². The number of nitrogens with two attached hydrogens (primary N) is 1. The highest BCUT2D eigenvalue weighted by Crippen LogP contribution is 2.24. The Kier molecular flexibility index (Phi) is 7.69. The third-order valence-electron chi connectivity index (χ3n) is 3.61. The number of benzene rings is 2. The molecule has 0 radical (unpaired) electrons. The summed E-state index contributed by atoms with van der Waals surface area (Å²) in [6.45, 7) is -0.465. The molecule has 0 aliphatic carbocycles. The molecule has 2 aromatic rings. The van der Waals surface area contributed by atoms with Crippen LogP contribution in [0.15, 0.2) is 59.5 Å². The van der Waals surface area contributed by atoms with E-state index in [0.29, 0.717) is 5.69 Å². The standard InChI is InChI=1S/C19H21N3O4S/c1-27-16-10-6-5-9-14(16)21-17(23)12-26-18(24)15(22-19(20)25)11-13-7-3-2-4-8-13/h2-10,15H,11-12H2,1H3,(H,21,23)(H3,20,22,25)/t15-/m0/s1. The second-order valence-electron chi connectivity index (χ2n) is 5.61. The molecule has 2 aromatic carbocycles. The molecule has 0 saturated heterocycles. The van der Waals surface area contributed by atoms with Gasteiger partial charge in [0.05, 0.1) is 5.69 Å². The van der Waals surface area contributed by atoms with Gasteiger partial charge in [0.1, 0.15) is 6.04 Å². The van der Waals surface area contributed by atoms with Gasteiger partial charge in [-0.1, -0.05) is 42.5 Å². The van der Waals surface area contributed by atoms with E-state index in [2.05, 4.69) is 10.6 Å². The zero-order valence-corrected chi connectivity index (χ0v) is 15.6. The highest BCUT2D eigenvalue weighted by atomic mass is 32.2. The minimum absolute atomic E-state index is 0.208. The molecular weight excluding hydrogens is 366 g/mol. The van der Waals surface area contributed by atoms with Crippen LogP contribution in [0.4, 0.5) is 10.5 Å². The Balaban J connectivity index is 1.94. The Bertz CT molecular complexity index is 799. The van der Waals surface area contributed by atoms with E-state index >= 15 is 0 Å². The van der Waals surface area contributed by atoms with Gasteiger partial charge in [-0.3, -0.25) is 4.79 Å². The van der Waals surface area contributed by atoms with Crippen LogP contribution >= 0.6 is 11.8 Å². The number of esters is 1. The minimum atomic E-state index is -0.976. The molecular formula is C19H21N3O4S. The van der Waals surface area contributed by atoms with Crippen LogP contribution in [0, 0.1) is 0 Å². The Morgan fingerprint density at radius 3 is 2.41 bits per heavy atom. The van der Waals surface area contributed by atoms with Crippen LogP contribution in [0.2, 0.25) is 0 Å². The number of rotatable bonds is 8. The van der Waals surface area contributed by atoms with Gasteiger partial charge in [-0.2, -0.15) is 0 Å². The lowest BCUT2D eigenvalue weighted by molar-refractivity contribution is -0.149. The number of thioether (sulfide) groups is 1. The largest absolute Gasteiger partial charge is 0.454 e. The van der Waals surface area contributed by atoms with Crippen LogP contribution in [-0.2, 0) is 20.7 Å². The Labute approximate surface area is 161 Å². The Morgan fingerprint density at radius 2 is 1.74 bits per heavy atom. The molecule has 4 N–H and O–H groups in total. The molecule has 0 aliphatic rings. The first kappa shape index (κ1) is 20.3. The van der Waals surface area contributed by atoms with Gasteiger partial charge < -0.3 is 21.1 Å². The first-order chi connectivity index (χ1) is 13.0. The molecule has 0 aromatic heterocycles. The molecule has 0 aliphatic heterocycles. The summed E-state index contributed by atoms with van der Waals surface area (Å²) >= 11 is 1.49. The van der Waals surface area contributed by atoms with Gasteiger partial charge >= 0.3 is 12.0 Å². The van der Waals surface area contributed by atoms with Crippen molar-refractivity contribution in [3.63, 3.8) is 0 Å². The predicted octanol–water partition coefficient (Wildman–Crippen LogP) is 2.17. The van der Waals surface area contributed by atoms with Crippen LogP contribution in [-0.4, -0.2) is 36.8 Å². The lowest BCUT2D eigenvalue weighted by Gasteiger charge is -2.16. The second-order valence-corrected chi connectivity index (χ2v) is 6.46. The van der Waals surface area contributed by atoms with Crippen molar-refractivity contribution in [2.45, 2.75) is 17.4 Å². The van der Waals surface area contributed by atoms with E-state index in [1.165, 1.54) is 11.8 Å². The summed E-state index contributed by atoms with van der Waals surface area (Å²) in [5.41, 5.74) is 6.60. The van der Waals surface area contributed by atoms with Crippen molar-refractivity contribution in [1.82, 2.24) is 5.32 Å². The molecule has 27 heavy (non-hydrogen) atoms. The number of amides is 3. The van der Waals surface area contributed by atoms with Gasteiger partial charge in [0.15, 0.2) is 6.61 Å². The van der Waals surface area contributed by atoms with E-state index < -0.39 is 30.6 Å². The number of carbonyl (C=O) groups is 3. The summed E-state index contributed by atoms with van der Waals surface area (Å²) in [5, 5.41) is 5.05. The molecule has 0 bridgehead atoms. The number of ether oxygens (including phenoxy) is 1. The first-order valence-electron chi connectivity index (χ1n) is 8.19. The first-order valence-corrected chi connectivity index (χ1v) is 9.41. The van der Waals surface area contributed by atoms with Gasteiger partial charge in [-0.05, 0) is 24.0 Å². The van der Waals surface area contributed by atoms with Crippen molar-refractivity contribution < 1.29 is 19.1 Å². The van der Waals surface area contributed by atoms with Crippen LogP contribution in [0.1, 0.15) is 5.56 Å². The van der Waals surface area contributed by atoms with Gasteiger partial charge in [0, 0.05) is 11.3 Å². The summed E-state index contributed by atoms with van der Waals surface area (Å²) in [4.78, 5) is 36.4. The highest BCUT2D eigenvalue weighted by Gasteiger charge is 2.23. The molecule has 1 atom stereocenters. The fourth-order valence-electron chi connectivity index (χ4n) is 2.39. The minimum Gasteiger partial charge on any atom is -0.454 e. The van der Waals surface area contributed by atoms with E-state index in [0.717, 1.165) is 10.5 Å². The van der Waals surface area contributed by atoms with Crippen LogP contribution in [0.3, 0.4) is 0 Å². The molecule has 142 valence electrons. The summed E-state index contributed by atoms with van der Waals surface area (Å²) < 4.78 is 5.06. The van der Waals surface area contributed by atoms with Crippen molar-refractivity contribution in [3.8, 4) is 0 Å². The number of urea groups is 1. The molecule has 7 nitrogen and oxygen atoms in total. The van der Waals surface area contributed by atoms with E-state index in [1.54, 1.807) is 12.1 Å². The number of primary amides is 1. The maximum absolute atomic E-state index is 12.3. The van der Waals surface area contributed by atoms with E-state index in [-0.39, 0.29) is 6.42 Å². The monoisotopic (exact) mass is 387 g/mol. The zero-order chi connectivity index (χ0) is 19.6. The van der Waals surface area contributed by atoms with Crippen molar-refractivity contribution in [1.29, 1.82) is 0 Å². The van der Waals surface area contributed by atoms with E-state index in [4.69, 9.17) is 10.5 Å². The fraction of sp³-hybridized carbons (Fsp3) is 0.211. The number of hydrogen-bond acceptors (Lipinski definition) is 5. The second kappa shape index (κ2) is 10.2. The number of para-hydroxylation sites is 1. The Hall–Kier alpha value is -3.00. The normalized spacial score (nSPS) is 11.3. The molecule has 3 amide bonds. The molecule has 8 heteroatoms. The Morgan fingerprint density at radius 1 is 1.07 bits per heavy atom. The number of hydrogen-bond donors (Lipinski definition) is 3. The SMILES string of the molecule is CSc1ccccc1NC(=O)COC(=O)[C@H](Cc1ccccc1)NC(N)=O. The average molecular weight is 387 g/mol. The summed E-state index contributed by atoms with van der Waals surface area (Å²) in [5.74, 6) is -1.20. The smallest absolute Gasteiger partial charge is 0.329 e. The molecule has 0 heterocycles. The molecule has 2 rings (SSSR count). The fourth-order valence-corrected chi connectivity index (χ4v) is 2.94.